The van der Waals surface area contributed by atoms with Crippen molar-refractivity contribution in [2.45, 2.75) is 23.7 Å². The molecule has 10 heteroatoms. The fourth-order valence-corrected chi connectivity index (χ4v) is 3.78. The molecule has 2 heterocycles. The zero-order valence-corrected chi connectivity index (χ0v) is 11.3. The highest BCUT2D eigenvalue weighted by molar-refractivity contribution is 7.91. The first kappa shape index (κ1) is 13.3. The zero-order valence-electron chi connectivity index (χ0n) is 9.63. The summed E-state index contributed by atoms with van der Waals surface area (Å²) in [4.78, 5) is 10.8. The Hall–Kier alpha value is -1.10. The maximum absolute atomic E-state index is 11.9. The summed E-state index contributed by atoms with van der Waals surface area (Å²) in [5.41, 5.74) is 0. The van der Waals surface area contributed by atoms with Gasteiger partial charge in [-0.3, -0.25) is 4.79 Å². The van der Waals surface area contributed by atoms with Gasteiger partial charge in [-0.2, -0.15) is 0 Å². The third-order valence-corrected chi connectivity index (χ3v) is 5.03. The molecule has 0 aromatic carbocycles. The topological polar surface area (TPSA) is 113 Å². The van der Waals surface area contributed by atoms with E-state index in [0.717, 1.165) is 24.3 Å². The largest absolute Gasteiger partial charge is 0.315 e. The molecule has 1 aliphatic rings. The van der Waals surface area contributed by atoms with Crippen molar-refractivity contribution in [3.63, 3.8) is 0 Å². The van der Waals surface area contributed by atoms with Gasteiger partial charge < -0.3 is 10.6 Å². The molecule has 2 rings (SSSR count). The van der Waals surface area contributed by atoms with E-state index in [9.17, 15) is 13.2 Å². The molecule has 0 radical (unpaired) electrons. The number of anilines is 1. The summed E-state index contributed by atoms with van der Waals surface area (Å²) in [6.07, 6.45) is 0.747. The molecule has 1 aliphatic heterocycles. The number of carbonyl (C=O) groups is 1. The van der Waals surface area contributed by atoms with Crippen LogP contribution in [0.1, 0.15) is 13.3 Å². The van der Waals surface area contributed by atoms with Crippen LogP contribution in [0.15, 0.2) is 4.34 Å². The molecular formula is C8H13N5O3S2. The van der Waals surface area contributed by atoms with Crippen molar-refractivity contribution in [3.8, 4) is 0 Å². The molecule has 1 aromatic rings. The highest BCUT2D eigenvalue weighted by atomic mass is 32.2. The van der Waals surface area contributed by atoms with Crippen molar-refractivity contribution in [2.75, 3.05) is 18.4 Å². The van der Waals surface area contributed by atoms with Gasteiger partial charge in [-0.1, -0.05) is 11.3 Å². The predicted octanol–water partition coefficient (Wildman–Crippen LogP) is -0.863. The summed E-state index contributed by atoms with van der Waals surface area (Å²) in [6.45, 7) is 2.72. The zero-order chi connectivity index (χ0) is 13.2. The third-order valence-electron chi connectivity index (χ3n) is 2.30. The Morgan fingerprint density at radius 2 is 2.28 bits per heavy atom. The first-order valence-electron chi connectivity index (χ1n) is 5.31. The number of nitrogens with zero attached hydrogens (tertiary/aromatic N) is 2. The van der Waals surface area contributed by atoms with Crippen molar-refractivity contribution in [1.82, 2.24) is 20.2 Å². The standard InChI is InChI=1S/C8H13N5O3S2/c1-5(14)10-7-11-12-8(17-7)18(15,16)13-6-2-3-9-4-6/h6,9,13H,2-4H2,1H3,(H,10,11,14)/t6-/m0/s1. The lowest BCUT2D eigenvalue weighted by atomic mass is 10.3. The van der Waals surface area contributed by atoms with Crippen LogP contribution < -0.4 is 15.4 Å². The predicted molar refractivity (Wildman–Crippen MR) is 65.8 cm³/mol. The van der Waals surface area contributed by atoms with Gasteiger partial charge in [0, 0.05) is 19.5 Å². The SMILES string of the molecule is CC(=O)Nc1nnc(S(=O)(=O)N[C@H]2CCNC2)s1. The average molecular weight is 291 g/mol. The number of sulfonamides is 1. The van der Waals surface area contributed by atoms with E-state index < -0.39 is 10.0 Å². The minimum Gasteiger partial charge on any atom is -0.315 e. The Bertz CT molecular complexity index is 535. The summed E-state index contributed by atoms with van der Waals surface area (Å²) in [7, 11) is -3.66. The second kappa shape index (κ2) is 5.26. The van der Waals surface area contributed by atoms with Crippen LogP contribution in [0.2, 0.25) is 0 Å². The van der Waals surface area contributed by atoms with Crippen LogP contribution in [0.3, 0.4) is 0 Å². The molecular weight excluding hydrogens is 278 g/mol. The molecule has 18 heavy (non-hydrogen) atoms. The van der Waals surface area contributed by atoms with Gasteiger partial charge in [0.2, 0.25) is 15.4 Å². The van der Waals surface area contributed by atoms with Crippen molar-refractivity contribution >= 4 is 32.4 Å². The van der Waals surface area contributed by atoms with Crippen LogP contribution in [0, 0.1) is 0 Å². The number of carbonyl (C=O) groups excluding carboxylic acids is 1. The van der Waals surface area contributed by atoms with Crippen molar-refractivity contribution in [1.29, 1.82) is 0 Å². The molecule has 1 aromatic heterocycles. The number of aromatic nitrogens is 2. The van der Waals surface area contributed by atoms with Crippen molar-refractivity contribution < 1.29 is 13.2 Å². The second-order valence-electron chi connectivity index (χ2n) is 3.87. The highest BCUT2D eigenvalue weighted by Gasteiger charge is 2.26. The molecule has 0 aliphatic carbocycles. The van der Waals surface area contributed by atoms with Gasteiger partial charge in [-0.15, -0.1) is 10.2 Å². The fraction of sp³-hybridized carbons (Fsp3) is 0.625. The van der Waals surface area contributed by atoms with E-state index in [1.165, 1.54) is 6.92 Å². The number of hydrogen-bond donors (Lipinski definition) is 3. The monoisotopic (exact) mass is 291 g/mol. The Morgan fingerprint density at radius 1 is 1.50 bits per heavy atom. The number of nitrogens with one attached hydrogen (secondary N) is 3. The van der Waals surface area contributed by atoms with E-state index in [-0.39, 0.29) is 21.4 Å². The summed E-state index contributed by atoms with van der Waals surface area (Å²) in [5, 5.41) is 12.8. The van der Waals surface area contributed by atoms with E-state index in [4.69, 9.17) is 0 Å². The summed E-state index contributed by atoms with van der Waals surface area (Å²) < 4.78 is 26.3. The Kier molecular flexibility index (Phi) is 3.90. The summed E-state index contributed by atoms with van der Waals surface area (Å²) in [6, 6.07) is -0.122. The number of amides is 1. The Balaban J connectivity index is 2.09. The van der Waals surface area contributed by atoms with Gasteiger partial charge in [-0.25, -0.2) is 13.1 Å². The van der Waals surface area contributed by atoms with E-state index in [1.54, 1.807) is 0 Å². The molecule has 0 bridgehead atoms. The first-order valence-corrected chi connectivity index (χ1v) is 7.61. The summed E-state index contributed by atoms with van der Waals surface area (Å²) >= 11 is 0.826. The van der Waals surface area contributed by atoms with E-state index in [1.807, 2.05) is 0 Å². The van der Waals surface area contributed by atoms with Gasteiger partial charge in [-0.05, 0) is 13.0 Å². The van der Waals surface area contributed by atoms with Crippen LogP contribution >= 0.6 is 11.3 Å². The van der Waals surface area contributed by atoms with Gasteiger partial charge in [0.05, 0.1) is 0 Å². The maximum Gasteiger partial charge on any atom is 0.270 e. The average Bonchev–Trinajstić information content (AvgIpc) is 2.87. The third kappa shape index (κ3) is 3.22. The Labute approximate surface area is 108 Å². The lowest BCUT2D eigenvalue weighted by Gasteiger charge is -2.08. The minimum atomic E-state index is -3.66. The van der Waals surface area contributed by atoms with Crippen LogP contribution in [0.5, 0.6) is 0 Å². The Morgan fingerprint density at radius 3 is 2.89 bits per heavy atom. The van der Waals surface area contributed by atoms with Gasteiger partial charge in [0.25, 0.3) is 10.0 Å². The molecule has 1 atom stereocenters. The molecule has 3 N–H and O–H groups in total. The quantitative estimate of drug-likeness (QED) is 0.622. The lowest BCUT2D eigenvalue weighted by molar-refractivity contribution is -0.114. The highest BCUT2D eigenvalue weighted by Crippen LogP contribution is 2.20. The van der Waals surface area contributed by atoms with Crippen LogP contribution in [-0.4, -0.2) is 43.7 Å². The molecule has 8 nitrogen and oxygen atoms in total. The van der Waals surface area contributed by atoms with E-state index in [2.05, 4.69) is 25.6 Å². The molecule has 0 spiro atoms. The number of hydrogen-bond acceptors (Lipinski definition) is 7. The molecule has 1 fully saturated rings. The van der Waals surface area contributed by atoms with E-state index in [0.29, 0.717) is 6.54 Å². The van der Waals surface area contributed by atoms with Crippen molar-refractivity contribution in [3.05, 3.63) is 0 Å². The molecule has 100 valence electrons. The van der Waals surface area contributed by atoms with Crippen molar-refractivity contribution in [2.24, 2.45) is 0 Å². The van der Waals surface area contributed by atoms with Crippen LogP contribution in [-0.2, 0) is 14.8 Å². The normalized spacial score (nSPS) is 19.9. The van der Waals surface area contributed by atoms with Crippen LogP contribution in [0.25, 0.3) is 0 Å². The molecule has 1 amide bonds. The maximum atomic E-state index is 11.9. The first-order chi connectivity index (χ1) is 8.47. The van der Waals surface area contributed by atoms with Gasteiger partial charge in [0.1, 0.15) is 0 Å². The molecule has 1 saturated heterocycles. The second-order valence-corrected chi connectivity index (χ2v) is 6.73. The lowest BCUT2D eigenvalue weighted by Crippen LogP contribution is -2.36. The molecule has 0 unspecified atom stereocenters. The van der Waals surface area contributed by atoms with Gasteiger partial charge >= 0.3 is 0 Å². The summed E-state index contributed by atoms with van der Waals surface area (Å²) in [5.74, 6) is -0.317. The minimum absolute atomic E-state index is 0.122. The fourth-order valence-electron chi connectivity index (χ4n) is 1.54. The van der Waals surface area contributed by atoms with Gasteiger partial charge in [0.15, 0.2) is 0 Å². The smallest absolute Gasteiger partial charge is 0.270 e. The number of rotatable bonds is 4. The van der Waals surface area contributed by atoms with Crippen LogP contribution in [0.4, 0.5) is 5.13 Å². The van der Waals surface area contributed by atoms with E-state index >= 15 is 0 Å². The molecule has 0 saturated carbocycles.